The third-order valence-corrected chi connectivity index (χ3v) is 5.66. The fourth-order valence-electron chi connectivity index (χ4n) is 3.05. The molecule has 2 heterocycles. The van der Waals surface area contributed by atoms with Gasteiger partial charge in [0.2, 0.25) is 0 Å². The fourth-order valence-corrected chi connectivity index (χ4v) is 4.33. The second kappa shape index (κ2) is 9.85. The van der Waals surface area contributed by atoms with Gasteiger partial charge in [0.15, 0.2) is 0 Å². The molecule has 1 aromatic carbocycles. The topological polar surface area (TPSA) is 62.2 Å². The molecule has 6 heteroatoms. The molecule has 0 unspecified atom stereocenters. The van der Waals surface area contributed by atoms with Gasteiger partial charge in [-0.25, -0.2) is 0 Å². The van der Waals surface area contributed by atoms with Gasteiger partial charge in [-0.3, -0.25) is 9.78 Å². The molecule has 1 amide bonds. The van der Waals surface area contributed by atoms with Crippen molar-refractivity contribution in [3.8, 4) is 5.75 Å². The third-order valence-electron chi connectivity index (χ3n) is 4.46. The number of carbonyl (C=O) groups is 1. The summed E-state index contributed by atoms with van der Waals surface area (Å²) in [7, 11) is 0. The number of hydrogen-bond acceptors (Lipinski definition) is 3. The summed E-state index contributed by atoms with van der Waals surface area (Å²) in [5.74, 6) is 0.0970. The van der Waals surface area contributed by atoms with Crippen molar-refractivity contribution < 1.29 is 9.90 Å². The lowest BCUT2D eigenvalue weighted by Gasteiger charge is -2.05. The van der Waals surface area contributed by atoms with Gasteiger partial charge in [-0.1, -0.05) is 30.4 Å². The minimum absolute atomic E-state index is 0.0906. The number of aromatic hydroxyl groups is 1. The first-order valence-corrected chi connectivity index (χ1v) is 10.7. The van der Waals surface area contributed by atoms with Gasteiger partial charge in [-0.15, -0.1) is 0 Å². The minimum atomic E-state index is -0.0906. The van der Waals surface area contributed by atoms with Crippen molar-refractivity contribution in [1.29, 1.82) is 0 Å². The van der Waals surface area contributed by atoms with E-state index in [1.807, 2.05) is 61.6 Å². The van der Waals surface area contributed by atoms with Crippen molar-refractivity contribution in [3.05, 3.63) is 97.9 Å². The predicted octanol–water partition coefficient (Wildman–Crippen LogP) is 5.84. The molecule has 0 spiro atoms. The molecule has 1 aliphatic rings. The Hall–Kier alpha value is -2.44. The van der Waals surface area contributed by atoms with Crippen LogP contribution in [0.25, 0.3) is 6.08 Å². The smallest absolute Gasteiger partial charge is 0.256 e. The van der Waals surface area contributed by atoms with Gasteiger partial charge < -0.3 is 10.4 Å². The Bertz CT molecular complexity index is 1020. The number of amides is 1. The lowest BCUT2D eigenvalue weighted by Crippen LogP contribution is -2.13. The zero-order valence-electron chi connectivity index (χ0n) is 15.8. The summed E-state index contributed by atoms with van der Waals surface area (Å²) in [6.45, 7) is 1.93. The summed E-state index contributed by atoms with van der Waals surface area (Å²) in [6, 6.07) is 7.63. The van der Waals surface area contributed by atoms with Crippen molar-refractivity contribution in [1.82, 2.24) is 10.3 Å². The molecule has 2 N–H and O–H groups in total. The molecule has 0 bridgehead atoms. The van der Waals surface area contributed by atoms with Crippen LogP contribution in [0.4, 0.5) is 0 Å². The number of nitrogens with one attached hydrogen (secondary N) is 1. The first kappa shape index (κ1) is 21.3. The first-order valence-electron chi connectivity index (χ1n) is 9.13. The van der Waals surface area contributed by atoms with Gasteiger partial charge in [0.05, 0.1) is 8.95 Å². The number of aromatic nitrogens is 1. The number of pyridine rings is 1. The number of phenolic OH excluding ortho intramolecular Hbond substituents is 1. The second-order valence-corrected chi connectivity index (χ2v) is 8.16. The van der Waals surface area contributed by atoms with E-state index < -0.39 is 0 Å². The second-order valence-electron chi connectivity index (χ2n) is 6.45. The summed E-state index contributed by atoms with van der Waals surface area (Å²) in [6.07, 6.45) is 14.6. The van der Waals surface area contributed by atoms with Crippen LogP contribution in [0.5, 0.6) is 5.75 Å². The van der Waals surface area contributed by atoms with Crippen molar-refractivity contribution in [3.63, 3.8) is 0 Å². The summed E-state index contributed by atoms with van der Waals surface area (Å²) in [5, 5.41) is 12.8. The average molecular weight is 516 g/mol. The lowest BCUT2D eigenvalue weighted by atomic mass is 10.0. The van der Waals surface area contributed by atoms with Gasteiger partial charge >= 0.3 is 0 Å². The van der Waals surface area contributed by atoms with Crippen LogP contribution in [0.2, 0.25) is 0 Å². The lowest BCUT2D eigenvalue weighted by molar-refractivity contribution is -0.115. The highest BCUT2D eigenvalue weighted by atomic mass is 79.9. The Morgan fingerprint density at radius 2 is 1.97 bits per heavy atom. The molecule has 0 atom stereocenters. The van der Waals surface area contributed by atoms with Crippen molar-refractivity contribution in [2.24, 2.45) is 0 Å². The number of carbonyl (C=O) groups excluding carboxylic acids is 1. The molecule has 0 aliphatic carbocycles. The molecule has 1 aliphatic heterocycles. The van der Waals surface area contributed by atoms with Crippen LogP contribution in [0.1, 0.15) is 24.5 Å². The van der Waals surface area contributed by atoms with E-state index >= 15 is 0 Å². The maximum atomic E-state index is 12.4. The Balaban J connectivity index is 1.72. The number of phenols is 1. The monoisotopic (exact) mass is 514 g/mol. The van der Waals surface area contributed by atoms with Gasteiger partial charge in [-0.2, -0.15) is 0 Å². The fraction of sp³-hybridized carbons (Fsp3) is 0.130. The molecule has 2 aromatic rings. The van der Waals surface area contributed by atoms with Crippen LogP contribution >= 0.6 is 31.9 Å². The number of allylic oxidation sites excluding steroid dienone is 5. The van der Waals surface area contributed by atoms with E-state index in [-0.39, 0.29) is 11.7 Å². The number of hydrogen-bond donors (Lipinski definition) is 2. The number of aryl methyl sites for hydroxylation is 1. The highest BCUT2D eigenvalue weighted by molar-refractivity contribution is 9.11. The molecule has 148 valence electrons. The Morgan fingerprint density at radius 3 is 2.62 bits per heavy atom. The van der Waals surface area contributed by atoms with Crippen molar-refractivity contribution >= 4 is 43.8 Å². The maximum Gasteiger partial charge on any atom is 0.256 e. The van der Waals surface area contributed by atoms with E-state index in [1.54, 1.807) is 12.4 Å². The van der Waals surface area contributed by atoms with Gasteiger partial charge in [0.25, 0.3) is 5.91 Å². The summed E-state index contributed by atoms with van der Waals surface area (Å²) >= 11 is 6.70. The zero-order valence-corrected chi connectivity index (χ0v) is 19.0. The van der Waals surface area contributed by atoms with E-state index in [0.29, 0.717) is 20.9 Å². The Morgan fingerprint density at radius 1 is 1.21 bits per heavy atom. The molecule has 1 fully saturated rings. The van der Waals surface area contributed by atoms with Crippen LogP contribution in [0, 0.1) is 0 Å². The van der Waals surface area contributed by atoms with Crippen LogP contribution in [-0.4, -0.2) is 16.0 Å². The molecular formula is C23H20Br2N2O2. The van der Waals surface area contributed by atoms with E-state index in [9.17, 15) is 9.90 Å². The summed E-state index contributed by atoms with van der Waals surface area (Å²) in [4.78, 5) is 16.5. The van der Waals surface area contributed by atoms with Crippen molar-refractivity contribution in [2.45, 2.75) is 19.8 Å². The molecule has 29 heavy (non-hydrogen) atoms. The minimum Gasteiger partial charge on any atom is -0.506 e. The predicted molar refractivity (Wildman–Crippen MR) is 123 cm³/mol. The summed E-state index contributed by atoms with van der Waals surface area (Å²) in [5.41, 5.74) is 4.44. The Kier molecular flexibility index (Phi) is 7.23. The highest BCUT2D eigenvalue weighted by Gasteiger charge is 2.25. The van der Waals surface area contributed by atoms with E-state index in [4.69, 9.17) is 0 Å². The molecule has 4 nitrogen and oxygen atoms in total. The van der Waals surface area contributed by atoms with Crippen LogP contribution in [-0.2, 0) is 11.2 Å². The van der Waals surface area contributed by atoms with Crippen LogP contribution in [0.3, 0.4) is 0 Å². The van der Waals surface area contributed by atoms with Gasteiger partial charge in [-0.05, 0) is 87.0 Å². The van der Waals surface area contributed by atoms with Crippen LogP contribution < -0.4 is 5.32 Å². The molecule has 1 aromatic heterocycles. The van der Waals surface area contributed by atoms with Crippen molar-refractivity contribution in [2.75, 3.05) is 0 Å². The van der Waals surface area contributed by atoms with E-state index in [1.165, 1.54) is 0 Å². The molecule has 1 saturated heterocycles. The molecular weight excluding hydrogens is 496 g/mol. The third kappa shape index (κ3) is 5.34. The zero-order chi connectivity index (χ0) is 20.8. The van der Waals surface area contributed by atoms with Gasteiger partial charge in [0, 0.05) is 29.2 Å². The number of nitrogens with zero attached hydrogens (tertiary/aromatic N) is 1. The van der Waals surface area contributed by atoms with E-state index in [2.05, 4.69) is 42.2 Å². The van der Waals surface area contributed by atoms with Gasteiger partial charge in [0.1, 0.15) is 5.75 Å². The number of benzene rings is 1. The van der Waals surface area contributed by atoms with E-state index in [0.717, 1.165) is 28.8 Å². The maximum absolute atomic E-state index is 12.4. The number of rotatable bonds is 5. The molecule has 0 saturated carbocycles. The van der Waals surface area contributed by atoms with Crippen LogP contribution in [0.15, 0.2) is 86.8 Å². The SMILES string of the molecule is C/C=C1C(=C/CCc2cc(Br)c(O)c(Br)c2)/C(=O)NC/1=C/C=C/c1cccnc1. The quantitative estimate of drug-likeness (QED) is 0.491. The normalized spacial score (nSPS) is 18.3. The number of halogens is 2. The first-order chi connectivity index (χ1) is 14.0. The molecule has 3 rings (SSSR count). The standard InChI is InChI=1S/C23H20Br2N2O2/c1-2-17-18(9-3-7-16-12-19(24)22(28)20(25)13-16)23(29)27-21(17)10-4-6-15-8-5-11-26-14-15/h2,4-6,8-14,28H,3,7H2,1H3,(H,27,29)/b6-4+,17-2-,18-9-,21-10+. The highest BCUT2D eigenvalue weighted by Crippen LogP contribution is 2.34. The molecule has 0 radical (unpaired) electrons. The largest absolute Gasteiger partial charge is 0.506 e. The summed E-state index contributed by atoms with van der Waals surface area (Å²) < 4.78 is 1.29. The average Bonchev–Trinajstić information content (AvgIpc) is 3.01. The Labute approximate surface area is 187 Å².